The first-order valence-corrected chi connectivity index (χ1v) is 10.2. The lowest BCUT2D eigenvalue weighted by molar-refractivity contribution is 0.601. The van der Waals surface area contributed by atoms with Gasteiger partial charge in [0.2, 0.25) is 0 Å². The van der Waals surface area contributed by atoms with Gasteiger partial charge in [-0.15, -0.1) is 0 Å². The molecule has 10 heteroatoms. The van der Waals surface area contributed by atoms with Crippen LogP contribution in [0.2, 0.25) is 0 Å². The molecule has 4 aromatic rings. The van der Waals surface area contributed by atoms with E-state index in [1.54, 1.807) is 65.8 Å². The maximum absolute atomic E-state index is 12.6. The average molecular weight is 417 g/mol. The minimum Gasteiger partial charge on any atom is -0.340 e. The van der Waals surface area contributed by atoms with Crippen LogP contribution >= 0.6 is 0 Å². The second kappa shape index (κ2) is 8.02. The van der Waals surface area contributed by atoms with Gasteiger partial charge in [-0.05, 0) is 36.4 Å². The number of hydrogen-bond donors (Lipinski definition) is 2. The molecule has 9 nitrogen and oxygen atoms in total. The minimum absolute atomic E-state index is 0.0669. The minimum atomic E-state index is -3.88. The van der Waals surface area contributed by atoms with E-state index in [0.29, 0.717) is 23.0 Å². The summed E-state index contributed by atoms with van der Waals surface area (Å²) in [7, 11) is -3.88. The number of hydrogen-bond acceptors (Lipinski definition) is 7. The number of anilines is 3. The Balaban J connectivity index is 1.50. The van der Waals surface area contributed by atoms with Crippen molar-refractivity contribution >= 4 is 27.2 Å². The normalized spacial score (nSPS) is 10.9. The Morgan fingerprint density at radius 2 is 1.77 bits per heavy atom. The number of imidazole rings is 1. The van der Waals surface area contributed by atoms with Crippen molar-refractivity contribution in [1.29, 1.82) is 5.26 Å². The van der Waals surface area contributed by atoms with E-state index >= 15 is 0 Å². The van der Waals surface area contributed by atoms with Crippen LogP contribution in [0.4, 0.5) is 17.2 Å². The van der Waals surface area contributed by atoms with E-state index in [1.165, 1.54) is 18.5 Å². The van der Waals surface area contributed by atoms with Gasteiger partial charge >= 0.3 is 0 Å². The molecule has 0 bridgehead atoms. The topological polar surface area (TPSA) is 126 Å². The smallest absolute Gasteiger partial charge is 0.263 e. The van der Waals surface area contributed by atoms with E-state index in [4.69, 9.17) is 5.26 Å². The molecule has 2 heterocycles. The molecule has 0 aliphatic carbocycles. The van der Waals surface area contributed by atoms with Crippen molar-refractivity contribution in [2.45, 2.75) is 4.90 Å². The van der Waals surface area contributed by atoms with E-state index in [0.717, 1.165) is 0 Å². The van der Waals surface area contributed by atoms with Crippen LogP contribution in [-0.4, -0.2) is 27.9 Å². The summed E-state index contributed by atoms with van der Waals surface area (Å²) in [5.41, 5.74) is 1.17. The first kappa shape index (κ1) is 19.1. The monoisotopic (exact) mass is 417 g/mol. The molecule has 0 fully saturated rings. The Morgan fingerprint density at radius 1 is 1.00 bits per heavy atom. The fourth-order valence-electron chi connectivity index (χ4n) is 2.72. The van der Waals surface area contributed by atoms with E-state index in [2.05, 4.69) is 25.0 Å². The standard InChI is InChI=1S/C20H15N7O2S/c21-12-15-3-1-2-4-18(15)30(28,29)26-17-7-5-16(6-8-17)25-19-11-20(24-13-23-19)27-10-9-22-14-27/h1-11,13-14,26H,(H,23,24,25). The summed E-state index contributed by atoms with van der Waals surface area (Å²) >= 11 is 0. The van der Waals surface area contributed by atoms with Gasteiger partial charge in [0.15, 0.2) is 0 Å². The maximum atomic E-state index is 12.6. The highest BCUT2D eigenvalue weighted by atomic mass is 32.2. The molecule has 0 saturated carbocycles. The summed E-state index contributed by atoms with van der Waals surface area (Å²) in [4.78, 5) is 12.3. The highest BCUT2D eigenvalue weighted by molar-refractivity contribution is 7.92. The molecule has 0 atom stereocenters. The zero-order valence-electron chi connectivity index (χ0n) is 15.5. The Labute approximate surface area is 172 Å². The van der Waals surface area contributed by atoms with Crippen molar-refractivity contribution in [3.63, 3.8) is 0 Å². The van der Waals surface area contributed by atoms with Crippen molar-refractivity contribution in [3.8, 4) is 11.9 Å². The Morgan fingerprint density at radius 3 is 2.50 bits per heavy atom. The molecule has 0 aliphatic rings. The van der Waals surface area contributed by atoms with Crippen molar-refractivity contribution in [3.05, 3.63) is 85.2 Å². The predicted molar refractivity (Wildman–Crippen MR) is 111 cm³/mol. The van der Waals surface area contributed by atoms with Crippen LogP contribution in [0.15, 0.2) is 84.5 Å². The Bertz CT molecular complexity index is 1310. The van der Waals surface area contributed by atoms with E-state index < -0.39 is 10.0 Å². The summed E-state index contributed by atoms with van der Waals surface area (Å²) in [5.74, 6) is 1.23. The quantitative estimate of drug-likeness (QED) is 0.494. The maximum Gasteiger partial charge on any atom is 0.263 e. The van der Waals surface area contributed by atoms with Crippen LogP contribution in [-0.2, 0) is 10.0 Å². The summed E-state index contributed by atoms with van der Waals surface area (Å²) < 4.78 is 29.4. The van der Waals surface area contributed by atoms with Gasteiger partial charge < -0.3 is 5.32 Å². The zero-order chi connectivity index (χ0) is 21.0. The van der Waals surface area contributed by atoms with Crippen LogP contribution in [0.3, 0.4) is 0 Å². The van der Waals surface area contributed by atoms with Gasteiger partial charge in [-0.2, -0.15) is 5.26 Å². The first-order valence-electron chi connectivity index (χ1n) is 8.74. The number of nitrogens with zero attached hydrogens (tertiary/aromatic N) is 5. The molecule has 0 spiro atoms. The van der Waals surface area contributed by atoms with Crippen LogP contribution in [0.1, 0.15) is 5.56 Å². The second-order valence-corrected chi connectivity index (χ2v) is 7.80. The van der Waals surface area contributed by atoms with Crippen molar-refractivity contribution in [2.24, 2.45) is 0 Å². The molecule has 2 aromatic carbocycles. The van der Waals surface area contributed by atoms with Crippen molar-refractivity contribution in [2.75, 3.05) is 10.0 Å². The largest absolute Gasteiger partial charge is 0.340 e. The molecule has 0 saturated heterocycles. The van der Waals surface area contributed by atoms with Gasteiger partial charge in [-0.25, -0.2) is 23.4 Å². The number of sulfonamides is 1. The molecule has 0 aliphatic heterocycles. The molecule has 148 valence electrons. The van der Waals surface area contributed by atoms with E-state index in [-0.39, 0.29) is 10.5 Å². The zero-order valence-corrected chi connectivity index (χ0v) is 16.3. The number of aromatic nitrogens is 4. The lowest BCUT2D eigenvalue weighted by Gasteiger charge is -2.11. The molecule has 0 amide bonds. The van der Waals surface area contributed by atoms with E-state index in [9.17, 15) is 8.42 Å². The number of nitrogens with one attached hydrogen (secondary N) is 2. The van der Waals surface area contributed by atoms with Crippen molar-refractivity contribution < 1.29 is 8.42 Å². The molecule has 4 rings (SSSR count). The van der Waals surface area contributed by atoms with Crippen LogP contribution in [0.5, 0.6) is 0 Å². The third-order valence-corrected chi connectivity index (χ3v) is 5.57. The lowest BCUT2D eigenvalue weighted by Crippen LogP contribution is -2.14. The molecular formula is C20H15N7O2S. The third kappa shape index (κ3) is 4.11. The third-order valence-electron chi connectivity index (χ3n) is 4.13. The second-order valence-electron chi connectivity index (χ2n) is 6.15. The van der Waals surface area contributed by atoms with Gasteiger partial charge in [0.05, 0.1) is 5.56 Å². The first-order chi connectivity index (χ1) is 14.5. The number of rotatable bonds is 6. The van der Waals surface area contributed by atoms with Gasteiger partial charge in [0.1, 0.15) is 35.3 Å². The summed E-state index contributed by atoms with van der Waals surface area (Å²) in [6.07, 6.45) is 6.51. The van der Waals surface area contributed by atoms with Gasteiger partial charge in [0.25, 0.3) is 10.0 Å². The van der Waals surface area contributed by atoms with E-state index in [1.807, 2.05) is 6.07 Å². The van der Waals surface area contributed by atoms with Crippen LogP contribution in [0, 0.1) is 11.3 Å². The Kier molecular flexibility index (Phi) is 5.11. The fourth-order valence-corrected chi connectivity index (χ4v) is 3.94. The van der Waals surface area contributed by atoms with Crippen LogP contribution in [0.25, 0.3) is 5.82 Å². The lowest BCUT2D eigenvalue weighted by atomic mass is 10.2. The average Bonchev–Trinajstić information content (AvgIpc) is 3.30. The SMILES string of the molecule is N#Cc1ccccc1S(=O)(=O)Nc1ccc(Nc2cc(-n3ccnc3)ncn2)cc1. The summed E-state index contributed by atoms with van der Waals surface area (Å²) in [5, 5.41) is 12.3. The highest BCUT2D eigenvalue weighted by Crippen LogP contribution is 2.22. The molecule has 0 radical (unpaired) electrons. The molecule has 2 N–H and O–H groups in total. The Hall–Kier alpha value is -4.23. The van der Waals surface area contributed by atoms with Crippen molar-refractivity contribution in [1.82, 2.24) is 19.5 Å². The van der Waals surface area contributed by atoms with Gasteiger partial charge in [-0.1, -0.05) is 12.1 Å². The molecule has 0 unspecified atom stereocenters. The van der Waals surface area contributed by atoms with Crippen LogP contribution < -0.4 is 10.0 Å². The summed E-state index contributed by atoms with van der Waals surface area (Å²) in [6.45, 7) is 0. The molecular weight excluding hydrogens is 402 g/mol. The van der Waals surface area contributed by atoms with Gasteiger partial charge in [-0.3, -0.25) is 9.29 Å². The fraction of sp³-hybridized carbons (Fsp3) is 0. The highest BCUT2D eigenvalue weighted by Gasteiger charge is 2.18. The molecule has 2 aromatic heterocycles. The molecule has 30 heavy (non-hydrogen) atoms. The number of benzene rings is 2. The van der Waals surface area contributed by atoms with Gasteiger partial charge in [0, 0.05) is 29.8 Å². The number of nitriles is 1. The predicted octanol–water partition coefficient (Wildman–Crippen LogP) is 3.08. The summed E-state index contributed by atoms with van der Waals surface area (Å²) in [6, 6.07) is 16.4.